The highest BCUT2D eigenvalue weighted by molar-refractivity contribution is 5.86. The van der Waals surface area contributed by atoms with Crippen LogP contribution in [0.15, 0.2) is 48.1 Å². The fourth-order valence-electron chi connectivity index (χ4n) is 14.5. The summed E-state index contributed by atoms with van der Waals surface area (Å²) in [5.41, 5.74) is -3.99. The fraction of sp³-hybridized carbons (Fsp3) is 0.682. The first-order chi connectivity index (χ1) is 24.9. The molecule has 0 aromatic heterocycles. The molecule has 0 amide bonds. The topological polar surface area (TPSA) is 136 Å². The molecular weight excluding hydrogens is 654 g/mol. The van der Waals surface area contributed by atoms with E-state index in [-0.39, 0.29) is 48.5 Å². The summed E-state index contributed by atoms with van der Waals surface area (Å²) in [6.45, 7) is 4.27. The summed E-state index contributed by atoms with van der Waals surface area (Å²) in [6.07, 6.45) is 10.8. The van der Waals surface area contributed by atoms with Crippen LogP contribution in [0.5, 0.6) is 0 Å². The molecule has 1 spiro atoms. The number of esters is 1. The number of hydrogen-bond acceptors (Lipinski definition) is 8. The fourth-order valence-corrected chi connectivity index (χ4v) is 14.5. The second-order valence-electron chi connectivity index (χ2n) is 18.6. The van der Waals surface area contributed by atoms with Gasteiger partial charge in [-0.3, -0.25) is 0 Å². The number of carbonyl (C=O) groups excluding carboxylic acids is 2. The summed E-state index contributed by atoms with van der Waals surface area (Å²) >= 11 is 0. The van der Waals surface area contributed by atoms with Gasteiger partial charge in [-0.15, -0.1) is 0 Å². The van der Waals surface area contributed by atoms with Crippen LogP contribution in [0.25, 0.3) is 0 Å². The van der Waals surface area contributed by atoms with Crippen molar-refractivity contribution in [1.29, 1.82) is 0 Å². The van der Waals surface area contributed by atoms with Crippen LogP contribution in [0.4, 0.5) is 0 Å². The van der Waals surface area contributed by atoms with E-state index in [9.17, 15) is 30.0 Å². The summed E-state index contributed by atoms with van der Waals surface area (Å²) in [4.78, 5) is 27.3. The Morgan fingerprint density at radius 2 is 1.87 bits per heavy atom. The van der Waals surface area contributed by atoms with Crippen LogP contribution < -0.4 is 5.32 Å². The number of likely N-dealkylation sites (N-methyl/N-ethyl adjacent to an activating group) is 1. The van der Waals surface area contributed by atoms with Gasteiger partial charge in [0.05, 0.1) is 22.7 Å². The first-order valence-electron chi connectivity index (χ1n) is 20.0. The van der Waals surface area contributed by atoms with Crippen molar-refractivity contribution in [2.24, 2.45) is 58.2 Å². The molecule has 1 aromatic rings. The molecule has 52 heavy (non-hydrogen) atoms. The number of rotatable bonds is 5. The van der Waals surface area contributed by atoms with Crippen LogP contribution in [0.1, 0.15) is 89.2 Å². The first-order valence-corrected chi connectivity index (χ1v) is 20.0. The number of hydrogen-bond donors (Lipinski definition) is 5. The Kier molecular flexibility index (Phi) is 7.96. The second kappa shape index (κ2) is 11.8. The molecule has 1 heterocycles. The predicted molar refractivity (Wildman–Crippen MR) is 194 cm³/mol. The largest absolute Gasteiger partial charge is 0.454 e. The Labute approximate surface area is 307 Å². The van der Waals surface area contributed by atoms with Gasteiger partial charge >= 0.3 is 5.97 Å². The summed E-state index contributed by atoms with van der Waals surface area (Å²) < 4.78 is 6.22. The Bertz CT molecular complexity index is 1790. The molecule has 15 atom stereocenters. The van der Waals surface area contributed by atoms with Gasteiger partial charge in [0, 0.05) is 47.8 Å². The van der Waals surface area contributed by atoms with E-state index in [1.54, 1.807) is 6.08 Å². The number of aldehydes is 1. The third kappa shape index (κ3) is 4.35. The minimum Gasteiger partial charge on any atom is -0.454 e. The van der Waals surface area contributed by atoms with Gasteiger partial charge in [-0.25, -0.2) is 4.79 Å². The lowest BCUT2D eigenvalue weighted by Gasteiger charge is -2.74. The lowest BCUT2D eigenvalue weighted by Crippen LogP contribution is -2.82. The van der Waals surface area contributed by atoms with Crippen molar-refractivity contribution in [2.75, 3.05) is 7.05 Å². The molecule has 5 saturated carbocycles. The first kappa shape index (κ1) is 34.9. The van der Waals surface area contributed by atoms with Gasteiger partial charge in [0.2, 0.25) is 0 Å². The smallest absolute Gasteiger partial charge is 0.331 e. The molecular formula is C44H55NO7. The van der Waals surface area contributed by atoms with Crippen molar-refractivity contribution in [2.45, 2.75) is 120 Å². The van der Waals surface area contributed by atoms with Crippen molar-refractivity contribution < 1.29 is 34.8 Å². The Balaban J connectivity index is 1.26. The van der Waals surface area contributed by atoms with E-state index < -0.39 is 57.6 Å². The number of aliphatic hydroxyl groups is 4. The predicted octanol–water partition coefficient (Wildman–Crippen LogP) is 4.27. The monoisotopic (exact) mass is 709 g/mol. The maximum absolute atomic E-state index is 14.0. The highest BCUT2D eigenvalue weighted by Crippen LogP contribution is 2.79. The second-order valence-corrected chi connectivity index (χ2v) is 18.6. The van der Waals surface area contributed by atoms with E-state index >= 15 is 0 Å². The van der Waals surface area contributed by atoms with Crippen LogP contribution in [-0.4, -0.2) is 74.8 Å². The highest BCUT2D eigenvalue weighted by atomic mass is 16.5. The molecule has 8 nitrogen and oxygen atoms in total. The van der Waals surface area contributed by atoms with Gasteiger partial charge in [0.1, 0.15) is 18.0 Å². The number of nitrogens with one attached hydrogen (secondary N) is 1. The normalized spacial score (nSPS) is 49.5. The average molecular weight is 710 g/mol. The van der Waals surface area contributed by atoms with Crippen LogP contribution in [0, 0.1) is 70.0 Å². The molecule has 0 saturated heterocycles. The highest BCUT2D eigenvalue weighted by Gasteiger charge is 2.84. The van der Waals surface area contributed by atoms with E-state index in [4.69, 9.17) is 4.74 Å². The number of benzene rings is 1. The van der Waals surface area contributed by atoms with Crippen LogP contribution in [0.3, 0.4) is 0 Å². The molecule has 278 valence electrons. The van der Waals surface area contributed by atoms with E-state index in [0.29, 0.717) is 57.3 Å². The number of aliphatic hydroxyl groups excluding tert-OH is 1. The summed E-state index contributed by atoms with van der Waals surface area (Å²) in [7, 11) is 1.96. The molecule has 0 unspecified atom stereocenters. The minimum absolute atomic E-state index is 0.0244. The molecule has 8 heteroatoms. The van der Waals surface area contributed by atoms with Crippen LogP contribution in [-0.2, 0) is 20.7 Å². The standard InChI is InChI=1S/C44H55NO7/c1-25(2)11-13-31-22-43(50)39-28(12-14-30-18-32(47)23-42(31,49)41(30,39)24-46)20-40-15-7-6-9-26-8-4-5-10-27(26)17-35(45-3)33-16-29(21-44(40,43)51)37(40)34-19-36(48)52-38(33)34/h4-5,8,10,12,14,19,24-25,28-33,35,37-39,45,47,49-51H,7,11,13,15-18,20-23H2,1-3H3/t28-,29-,30-,31-,32+,33-,35+,37-,38-,39+,40-,41-,42-,43-,44-/m1/s1. The average Bonchev–Trinajstić information content (AvgIpc) is 3.61. The molecule has 0 radical (unpaired) electrons. The van der Waals surface area contributed by atoms with E-state index in [0.717, 1.165) is 29.4 Å². The van der Waals surface area contributed by atoms with Crippen LogP contribution in [0.2, 0.25) is 0 Å². The lowest BCUT2D eigenvalue weighted by atomic mass is 9.32. The summed E-state index contributed by atoms with van der Waals surface area (Å²) in [5, 5.41) is 55.6. The number of carbonyl (C=O) groups is 2. The SMILES string of the molecule is CN[C@H]1Cc2ccccc2C#CCC[C@]23C[C@H]4C=C[C@@H]5C[C@H](O)C[C@@]6(O)[C@H](CCC(C)C)C[C@@](O)([C@@H]4[C@@]56C=O)[C@@]2(O)C[C@H]2C[C@H]1[C@H]1OC(=O)C=C1[C@@H]23. The number of allylic oxidation sites excluding steroid dienone is 2. The Morgan fingerprint density at radius 3 is 2.63 bits per heavy atom. The van der Waals surface area contributed by atoms with Gasteiger partial charge in [-0.05, 0) is 111 Å². The molecule has 5 fully saturated rings. The summed E-state index contributed by atoms with van der Waals surface area (Å²) in [6, 6.07) is 8.23. The molecule has 10 rings (SSSR count). The number of fused-ring (bicyclic) bond motifs is 4. The Morgan fingerprint density at radius 1 is 1.06 bits per heavy atom. The van der Waals surface area contributed by atoms with Crippen molar-refractivity contribution in [3.05, 3.63) is 59.2 Å². The maximum Gasteiger partial charge on any atom is 0.331 e. The third-order valence-electron chi connectivity index (χ3n) is 16.2. The number of ether oxygens (including phenoxy) is 1. The van der Waals surface area contributed by atoms with E-state index in [1.165, 1.54) is 0 Å². The van der Waals surface area contributed by atoms with Gasteiger partial charge in [-0.2, -0.15) is 0 Å². The van der Waals surface area contributed by atoms with Gasteiger partial charge in [0.25, 0.3) is 0 Å². The van der Waals surface area contributed by atoms with Crippen LogP contribution >= 0.6 is 0 Å². The quantitative estimate of drug-likeness (QED) is 0.133. The van der Waals surface area contributed by atoms with Crippen molar-refractivity contribution in [3.63, 3.8) is 0 Å². The molecule has 5 N–H and O–H groups in total. The van der Waals surface area contributed by atoms with Gasteiger partial charge in [-0.1, -0.05) is 62.5 Å². The maximum atomic E-state index is 14.0. The van der Waals surface area contributed by atoms with Gasteiger partial charge in [0.15, 0.2) is 0 Å². The van der Waals surface area contributed by atoms with Crippen molar-refractivity contribution in [3.8, 4) is 11.8 Å². The zero-order chi connectivity index (χ0) is 36.4. The Hall–Kier alpha value is -2.80. The van der Waals surface area contributed by atoms with Crippen molar-refractivity contribution in [1.82, 2.24) is 5.32 Å². The minimum atomic E-state index is -1.71. The molecule has 8 aliphatic carbocycles. The summed E-state index contributed by atoms with van der Waals surface area (Å²) in [5.74, 6) is 4.67. The third-order valence-corrected chi connectivity index (χ3v) is 16.2. The van der Waals surface area contributed by atoms with E-state index in [2.05, 4.69) is 49.2 Å². The molecule has 1 aliphatic heterocycles. The zero-order valence-electron chi connectivity index (χ0n) is 30.8. The lowest BCUT2D eigenvalue weighted by molar-refractivity contribution is -0.351. The molecule has 9 aliphatic rings. The van der Waals surface area contributed by atoms with E-state index in [1.807, 2.05) is 25.3 Å². The zero-order valence-corrected chi connectivity index (χ0v) is 30.8. The molecule has 1 aromatic carbocycles. The van der Waals surface area contributed by atoms with Gasteiger partial charge < -0.3 is 35.3 Å². The molecule has 4 bridgehead atoms. The van der Waals surface area contributed by atoms with Crippen molar-refractivity contribution >= 4 is 12.3 Å².